The number of rotatable bonds is 7. The number of aryl methyl sites for hydroxylation is 1. The first-order valence-corrected chi connectivity index (χ1v) is 8.72. The van der Waals surface area contributed by atoms with Crippen molar-refractivity contribution in [2.45, 2.75) is 33.2 Å². The van der Waals surface area contributed by atoms with E-state index >= 15 is 0 Å². The summed E-state index contributed by atoms with van der Waals surface area (Å²) in [5.41, 5.74) is 2.94. The van der Waals surface area contributed by atoms with Gasteiger partial charge in [0.25, 0.3) is 5.69 Å². The molecule has 136 valence electrons. The van der Waals surface area contributed by atoms with Crippen molar-refractivity contribution in [3.05, 3.63) is 81.4 Å². The molecule has 0 aliphatic carbocycles. The summed E-state index contributed by atoms with van der Waals surface area (Å²) < 4.78 is 0. The molecular weight excluding hydrogens is 328 g/mol. The Morgan fingerprint density at radius 1 is 1.19 bits per heavy atom. The van der Waals surface area contributed by atoms with Crippen molar-refractivity contribution in [1.82, 2.24) is 5.32 Å². The van der Waals surface area contributed by atoms with Crippen molar-refractivity contribution < 1.29 is 9.72 Å². The van der Waals surface area contributed by atoms with Crippen LogP contribution in [0.25, 0.3) is 6.08 Å². The van der Waals surface area contributed by atoms with Gasteiger partial charge in [-0.05, 0) is 35.1 Å². The number of nitro groups is 1. The number of nitrogens with one attached hydrogen (secondary N) is 1. The average molecular weight is 352 g/mol. The average Bonchev–Trinajstić information content (AvgIpc) is 2.64. The van der Waals surface area contributed by atoms with Crippen LogP contribution in [0.1, 0.15) is 43.5 Å². The number of amides is 1. The zero-order valence-corrected chi connectivity index (χ0v) is 15.3. The lowest BCUT2D eigenvalue weighted by Gasteiger charge is -2.22. The highest BCUT2D eigenvalue weighted by Gasteiger charge is 2.17. The summed E-state index contributed by atoms with van der Waals surface area (Å²) >= 11 is 0. The molecule has 0 spiro atoms. The molecule has 0 aromatic heterocycles. The molecule has 5 heteroatoms. The number of carbonyl (C=O) groups excluding carboxylic acids is 1. The maximum absolute atomic E-state index is 12.3. The molecule has 1 atom stereocenters. The summed E-state index contributed by atoms with van der Waals surface area (Å²) in [4.78, 5) is 22.7. The lowest BCUT2D eigenvalue weighted by atomic mass is 9.95. The number of hydrogen-bond acceptors (Lipinski definition) is 3. The van der Waals surface area contributed by atoms with E-state index in [1.807, 2.05) is 12.1 Å². The molecule has 2 rings (SSSR count). The van der Waals surface area contributed by atoms with Crippen molar-refractivity contribution in [2.75, 3.05) is 0 Å². The van der Waals surface area contributed by atoms with Crippen LogP contribution in [0.5, 0.6) is 0 Å². The van der Waals surface area contributed by atoms with Gasteiger partial charge in [-0.15, -0.1) is 0 Å². The summed E-state index contributed by atoms with van der Waals surface area (Å²) in [5.74, 6) is 0.00686. The van der Waals surface area contributed by atoms with Crippen LogP contribution in [-0.4, -0.2) is 10.8 Å². The summed E-state index contributed by atoms with van der Waals surface area (Å²) in [6.45, 7) is 6.22. The minimum atomic E-state index is -0.452. The fraction of sp³-hybridized carbons (Fsp3) is 0.286. The van der Waals surface area contributed by atoms with Gasteiger partial charge in [0.2, 0.25) is 5.91 Å². The number of nitro benzene ring substituents is 1. The van der Waals surface area contributed by atoms with Crippen LogP contribution in [0.2, 0.25) is 0 Å². The molecule has 2 aromatic carbocycles. The van der Waals surface area contributed by atoms with Gasteiger partial charge in [0.15, 0.2) is 0 Å². The lowest BCUT2D eigenvalue weighted by Crippen LogP contribution is -2.30. The van der Waals surface area contributed by atoms with Crippen LogP contribution in [0.4, 0.5) is 5.69 Å². The summed E-state index contributed by atoms with van der Waals surface area (Å²) in [6.07, 6.45) is 3.97. The molecule has 0 fully saturated rings. The fourth-order valence-corrected chi connectivity index (χ4v) is 2.71. The largest absolute Gasteiger partial charge is 0.345 e. The predicted molar refractivity (Wildman–Crippen MR) is 104 cm³/mol. The van der Waals surface area contributed by atoms with Crippen molar-refractivity contribution in [1.29, 1.82) is 0 Å². The zero-order chi connectivity index (χ0) is 19.1. The number of benzene rings is 2. The smallest absolute Gasteiger partial charge is 0.270 e. The van der Waals surface area contributed by atoms with Gasteiger partial charge in [-0.1, -0.05) is 57.2 Å². The van der Waals surface area contributed by atoms with Crippen LogP contribution in [-0.2, 0) is 11.2 Å². The maximum atomic E-state index is 12.3. The third-order valence-electron chi connectivity index (χ3n) is 4.22. The number of hydrogen-bond donors (Lipinski definition) is 1. The molecular formula is C21H24N2O3. The Hall–Kier alpha value is -2.95. The van der Waals surface area contributed by atoms with Crippen molar-refractivity contribution in [2.24, 2.45) is 5.92 Å². The van der Waals surface area contributed by atoms with Crippen LogP contribution in [0.3, 0.4) is 0 Å². The normalized spacial score (nSPS) is 12.3. The van der Waals surface area contributed by atoms with Gasteiger partial charge in [0.1, 0.15) is 0 Å². The van der Waals surface area contributed by atoms with Gasteiger partial charge < -0.3 is 5.32 Å². The molecule has 0 aliphatic rings. The van der Waals surface area contributed by atoms with Gasteiger partial charge in [-0.2, -0.15) is 0 Å². The monoisotopic (exact) mass is 352 g/mol. The molecule has 0 heterocycles. The van der Waals surface area contributed by atoms with E-state index in [9.17, 15) is 14.9 Å². The molecule has 26 heavy (non-hydrogen) atoms. The molecule has 0 aliphatic heterocycles. The maximum Gasteiger partial charge on any atom is 0.270 e. The first-order valence-electron chi connectivity index (χ1n) is 8.72. The molecule has 5 nitrogen and oxygen atoms in total. The standard InChI is InChI=1S/C21H24N2O3/c1-4-16-8-11-18(12-9-16)21(15(2)3)22-20(24)13-10-17-6-5-7-19(14-17)23(25)26/h5-15,21H,4H2,1-3H3,(H,22,24)/b13-10+/t21-/m1/s1. The van der Waals surface area contributed by atoms with E-state index in [0.717, 1.165) is 12.0 Å². The van der Waals surface area contributed by atoms with Crippen LogP contribution >= 0.6 is 0 Å². The predicted octanol–water partition coefficient (Wildman–Crippen LogP) is 4.68. The highest BCUT2D eigenvalue weighted by Crippen LogP contribution is 2.22. The molecule has 1 amide bonds. The van der Waals surface area contributed by atoms with Crippen molar-refractivity contribution in [3.63, 3.8) is 0 Å². The quantitative estimate of drug-likeness (QED) is 0.446. The third kappa shape index (κ3) is 5.28. The van der Waals surface area contributed by atoms with E-state index in [1.54, 1.807) is 18.2 Å². The number of carbonyl (C=O) groups is 1. The first-order chi connectivity index (χ1) is 12.4. The van der Waals surface area contributed by atoms with Gasteiger partial charge in [0.05, 0.1) is 11.0 Å². The van der Waals surface area contributed by atoms with Gasteiger partial charge in [-0.3, -0.25) is 14.9 Å². The Morgan fingerprint density at radius 3 is 2.46 bits per heavy atom. The summed E-state index contributed by atoms with van der Waals surface area (Å²) in [5, 5.41) is 13.8. The van der Waals surface area contributed by atoms with Crippen LogP contribution in [0.15, 0.2) is 54.6 Å². The van der Waals surface area contributed by atoms with Crippen molar-refractivity contribution in [3.8, 4) is 0 Å². The minimum Gasteiger partial charge on any atom is -0.345 e. The molecule has 2 aromatic rings. The highest BCUT2D eigenvalue weighted by atomic mass is 16.6. The Labute approximate surface area is 153 Å². The second-order valence-electron chi connectivity index (χ2n) is 6.51. The minimum absolute atomic E-state index is 0.00336. The molecule has 0 radical (unpaired) electrons. The van der Waals surface area contributed by atoms with Crippen molar-refractivity contribution >= 4 is 17.7 Å². The Bertz CT molecular complexity index is 795. The molecule has 0 saturated heterocycles. The van der Waals surface area contributed by atoms with E-state index in [0.29, 0.717) is 5.56 Å². The SMILES string of the molecule is CCc1ccc([C@H](NC(=O)/C=C/c2cccc([N+](=O)[O-])c2)C(C)C)cc1. The molecule has 0 saturated carbocycles. The van der Waals surface area contributed by atoms with E-state index in [2.05, 4.69) is 38.2 Å². The Balaban J connectivity index is 2.09. The summed E-state index contributed by atoms with van der Waals surface area (Å²) in [7, 11) is 0. The Kier molecular flexibility index (Phi) is 6.67. The zero-order valence-electron chi connectivity index (χ0n) is 15.3. The highest BCUT2D eigenvalue weighted by molar-refractivity contribution is 5.92. The van der Waals surface area contributed by atoms with E-state index in [-0.39, 0.29) is 23.6 Å². The number of non-ortho nitro benzene ring substituents is 1. The van der Waals surface area contributed by atoms with Gasteiger partial charge >= 0.3 is 0 Å². The second kappa shape index (κ2) is 8.94. The van der Waals surface area contributed by atoms with Gasteiger partial charge in [-0.25, -0.2) is 0 Å². The lowest BCUT2D eigenvalue weighted by molar-refractivity contribution is -0.384. The molecule has 1 N–H and O–H groups in total. The van der Waals surface area contributed by atoms with E-state index in [4.69, 9.17) is 0 Å². The van der Waals surface area contributed by atoms with Gasteiger partial charge in [0, 0.05) is 18.2 Å². The first kappa shape index (κ1) is 19.4. The van der Waals surface area contributed by atoms with Crippen LogP contribution < -0.4 is 5.32 Å². The molecule has 0 bridgehead atoms. The third-order valence-corrected chi connectivity index (χ3v) is 4.22. The van der Waals surface area contributed by atoms with E-state index in [1.165, 1.54) is 23.8 Å². The van der Waals surface area contributed by atoms with E-state index < -0.39 is 4.92 Å². The Morgan fingerprint density at radius 2 is 1.88 bits per heavy atom. The fourth-order valence-electron chi connectivity index (χ4n) is 2.71. The molecule has 0 unspecified atom stereocenters. The second-order valence-corrected chi connectivity index (χ2v) is 6.51. The number of nitrogens with zero attached hydrogens (tertiary/aromatic N) is 1. The summed E-state index contributed by atoms with van der Waals surface area (Å²) in [6, 6.07) is 14.3. The topological polar surface area (TPSA) is 72.2 Å². The van der Waals surface area contributed by atoms with Crippen LogP contribution in [0, 0.1) is 16.0 Å².